The highest BCUT2D eigenvalue weighted by Crippen LogP contribution is 2.33. The lowest BCUT2D eigenvalue weighted by Crippen LogP contribution is -2.18. The number of hydrogen-bond donors (Lipinski definition) is 2. The number of methoxy groups -OCH3 is 1. The molecule has 92 valence electrons. The third kappa shape index (κ3) is 3.44. The zero-order chi connectivity index (χ0) is 13.0. The second-order valence-electron chi connectivity index (χ2n) is 3.12. The molecule has 0 aliphatic heterocycles. The number of oxime groups is 1. The number of phenolic OH excluding ortho intramolecular Hbond substituents is 1. The van der Waals surface area contributed by atoms with Crippen molar-refractivity contribution in [1.29, 1.82) is 0 Å². The van der Waals surface area contributed by atoms with Gasteiger partial charge < -0.3 is 15.1 Å². The van der Waals surface area contributed by atoms with Gasteiger partial charge in [0, 0.05) is 6.42 Å². The molecule has 0 amide bonds. The summed E-state index contributed by atoms with van der Waals surface area (Å²) in [5, 5.41) is 21.1. The molecule has 0 unspecified atom stereocenters. The Labute approximate surface area is 114 Å². The number of carbonyl (C=O) groups is 1. The highest BCUT2D eigenvalue weighted by atomic mass is 79.9. The second kappa shape index (κ2) is 6.02. The molecule has 0 fully saturated rings. The van der Waals surface area contributed by atoms with Gasteiger partial charge in [-0.3, -0.25) is 0 Å². The van der Waals surface area contributed by atoms with E-state index in [1.807, 2.05) is 0 Å². The van der Waals surface area contributed by atoms with Crippen molar-refractivity contribution in [2.45, 2.75) is 6.42 Å². The lowest BCUT2D eigenvalue weighted by Gasteiger charge is -2.06. The average molecular weight is 367 g/mol. The third-order valence-electron chi connectivity index (χ3n) is 1.99. The van der Waals surface area contributed by atoms with Crippen molar-refractivity contribution in [3.63, 3.8) is 0 Å². The minimum atomic E-state index is -0.701. The summed E-state index contributed by atoms with van der Waals surface area (Å²) in [6.07, 6.45) is 0.0979. The lowest BCUT2D eigenvalue weighted by atomic mass is 10.1. The predicted octanol–water partition coefficient (Wildman–Crippen LogP) is 2.46. The maximum Gasteiger partial charge on any atom is 0.356 e. The van der Waals surface area contributed by atoms with Crippen LogP contribution in [0.3, 0.4) is 0 Å². The van der Waals surface area contributed by atoms with E-state index < -0.39 is 5.97 Å². The Bertz CT molecular complexity index is 450. The predicted molar refractivity (Wildman–Crippen MR) is 68.4 cm³/mol. The highest BCUT2D eigenvalue weighted by molar-refractivity contribution is 9.11. The molecule has 17 heavy (non-hydrogen) atoms. The Hall–Kier alpha value is -1.08. The molecule has 1 rings (SSSR count). The summed E-state index contributed by atoms with van der Waals surface area (Å²) in [6, 6.07) is 3.24. The van der Waals surface area contributed by atoms with E-state index >= 15 is 0 Å². The van der Waals surface area contributed by atoms with Crippen LogP contribution in [0.2, 0.25) is 0 Å². The quantitative estimate of drug-likeness (QED) is 0.372. The number of benzene rings is 1. The molecule has 0 aromatic heterocycles. The number of rotatable bonds is 3. The van der Waals surface area contributed by atoms with Gasteiger partial charge in [0.15, 0.2) is 5.71 Å². The molecule has 0 spiro atoms. The van der Waals surface area contributed by atoms with E-state index in [9.17, 15) is 9.90 Å². The SMILES string of the molecule is COC(=O)/C(Cc1cc(Br)c(O)c(Br)c1)=N/O. The smallest absolute Gasteiger partial charge is 0.356 e. The fourth-order valence-corrected chi connectivity index (χ4v) is 2.46. The molecule has 0 bridgehead atoms. The Morgan fingerprint density at radius 3 is 2.35 bits per heavy atom. The van der Waals surface area contributed by atoms with Gasteiger partial charge in [0.2, 0.25) is 0 Å². The molecule has 1 aromatic rings. The number of halogens is 2. The van der Waals surface area contributed by atoms with Gasteiger partial charge in [0.25, 0.3) is 0 Å². The number of carbonyl (C=O) groups excluding carboxylic acids is 1. The van der Waals surface area contributed by atoms with E-state index in [4.69, 9.17) is 5.21 Å². The Kier molecular flexibility index (Phi) is 4.95. The molecule has 7 heteroatoms. The summed E-state index contributed by atoms with van der Waals surface area (Å²) in [5.41, 5.74) is 0.566. The molecule has 1 aromatic carbocycles. The second-order valence-corrected chi connectivity index (χ2v) is 4.83. The standard InChI is InChI=1S/C10H9Br2NO4/c1-17-10(15)8(13-16)4-5-2-6(11)9(14)7(12)3-5/h2-3,14,16H,4H2,1H3/b13-8+. The zero-order valence-corrected chi connectivity index (χ0v) is 11.9. The van der Waals surface area contributed by atoms with Gasteiger partial charge in [-0.25, -0.2) is 4.79 Å². The fourth-order valence-electron chi connectivity index (χ4n) is 1.18. The van der Waals surface area contributed by atoms with Gasteiger partial charge in [-0.05, 0) is 49.6 Å². The van der Waals surface area contributed by atoms with E-state index in [1.165, 1.54) is 7.11 Å². The molecule has 0 saturated carbocycles. The number of esters is 1. The van der Waals surface area contributed by atoms with E-state index in [0.29, 0.717) is 14.5 Å². The van der Waals surface area contributed by atoms with Crippen molar-refractivity contribution in [3.8, 4) is 5.75 Å². The first-order chi connectivity index (χ1) is 7.99. The highest BCUT2D eigenvalue weighted by Gasteiger charge is 2.15. The molecule has 0 saturated heterocycles. The van der Waals surface area contributed by atoms with Gasteiger partial charge in [-0.1, -0.05) is 5.16 Å². The fraction of sp³-hybridized carbons (Fsp3) is 0.200. The van der Waals surface area contributed by atoms with Crippen molar-refractivity contribution < 1.29 is 19.8 Å². The third-order valence-corrected chi connectivity index (χ3v) is 3.20. The number of phenols is 1. The van der Waals surface area contributed by atoms with Crippen LogP contribution < -0.4 is 0 Å². The van der Waals surface area contributed by atoms with E-state index in [0.717, 1.165) is 0 Å². The van der Waals surface area contributed by atoms with E-state index in [2.05, 4.69) is 41.8 Å². The van der Waals surface area contributed by atoms with Gasteiger partial charge in [0.05, 0.1) is 16.1 Å². The van der Waals surface area contributed by atoms with Crippen LogP contribution in [0.25, 0.3) is 0 Å². The van der Waals surface area contributed by atoms with Crippen molar-refractivity contribution in [3.05, 3.63) is 26.6 Å². The number of nitrogens with zero attached hydrogens (tertiary/aromatic N) is 1. The van der Waals surface area contributed by atoms with Crippen molar-refractivity contribution in [2.75, 3.05) is 7.11 Å². The average Bonchev–Trinajstić information content (AvgIpc) is 2.31. The van der Waals surface area contributed by atoms with Gasteiger partial charge in [-0.2, -0.15) is 0 Å². The first-order valence-corrected chi connectivity index (χ1v) is 6.04. The first-order valence-electron chi connectivity index (χ1n) is 4.45. The first kappa shape index (κ1) is 14.0. The maximum absolute atomic E-state index is 11.2. The van der Waals surface area contributed by atoms with Crippen LogP contribution in [0, 0.1) is 0 Å². The van der Waals surface area contributed by atoms with Gasteiger partial charge >= 0.3 is 5.97 Å². The summed E-state index contributed by atoms with van der Waals surface area (Å²) in [4.78, 5) is 11.2. The van der Waals surface area contributed by atoms with Crippen molar-refractivity contribution >= 4 is 43.5 Å². The van der Waals surface area contributed by atoms with Crippen LogP contribution in [-0.2, 0) is 16.0 Å². The van der Waals surface area contributed by atoms with Crippen LogP contribution in [0.5, 0.6) is 5.75 Å². The zero-order valence-electron chi connectivity index (χ0n) is 8.78. The van der Waals surface area contributed by atoms with E-state index in [1.54, 1.807) is 12.1 Å². The summed E-state index contributed by atoms with van der Waals surface area (Å²) < 4.78 is 5.41. The van der Waals surface area contributed by atoms with Crippen LogP contribution >= 0.6 is 31.9 Å². The largest absolute Gasteiger partial charge is 0.506 e. The normalized spacial score (nSPS) is 11.4. The summed E-state index contributed by atoms with van der Waals surface area (Å²) >= 11 is 6.33. The number of ether oxygens (including phenoxy) is 1. The molecule has 0 atom stereocenters. The minimum Gasteiger partial charge on any atom is -0.506 e. The topological polar surface area (TPSA) is 79.1 Å². The van der Waals surface area contributed by atoms with Gasteiger partial charge in [-0.15, -0.1) is 0 Å². The molecule has 2 N–H and O–H groups in total. The maximum atomic E-state index is 11.2. The van der Waals surface area contributed by atoms with Crippen LogP contribution in [-0.4, -0.2) is 29.1 Å². The van der Waals surface area contributed by atoms with Crippen molar-refractivity contribution in [2.24, 2.45) is 5.16 Å². The summed E-state index contributed by atoms with van der Waals surface area (Å²) in [5.74, 6) is -0.637. The summed E-state index contributed by atoms with van der Waals surface area (Å²) in [6.45, 7) is 0. The summed E-state index contributed by atoms with van der Waals surface area (Å²) in [7, 11) is 1.20. The molecule has 0 radical (unpaired) electrons. The van der Waals surface area contributed by atoms with Gasteiger partial charge in [0.1, 0.15) is 5.75 Å². The minimum absolute atomic E-state index is 0.0642. The molecule has 0 aliphatic rings. The molecular weight excluding hydrogens is 358 g/mol. The monoisotopic (exact) mass is 365 g/mol. The molecular formula is C10H9Br2NO4. The number of aromatic hydroxyl groups is 1. The Morgan fingerprint density at radius 2 is 1.94 bits per heavy atom. The van der Waals surface area contributed by atoms with Crippen LogP contribution in [0.1, 0.15) is 5.56 Å². The Morgan fingerprint density at radius 1 is 1.41 bits per heavy atom. The number of hydrogen-bond acceptors (Lipinski definition) is 5. The molecule has 5 nitrogen and oxygen atoms in total. The van der Waals surface area contributed by atoms with Crippen LogP contribution in [0.15, 0.2) is 26.2 Å². The molecule has 0 heterocycles. The molecule has 0 aliphatic carbocycles. The van der Waals surface area contributed by atoms with E-state index in [-0.39, 0.29) is 17.9 Å². The van der Waals surface area contributed by atoms with Crippen molar-refractivity contribution in [1.82, 2.24) is 0 Å². The lowest BCUT2D eigenvalue weighted by molar-refractivity contribution is -0.133. The van der Waals surface area contributed by atoms with Crippen LogP contribution in [0.4, 0.5) is 0 Å². The Balaban J connectivity index is 3.00.